The molecule has 3 rings (SSSR count). The fourth-order valence-corrected chi connectivity index (χ4v) is 3.18. The molecule has 24 heavy (non-hydrogen) atoms. The van der Waals surface area contributed by atoms with Crippen molar-refractivity contribution in [1.29, 1.82) is 0 Å². The third-order valence-corrected chi connectivity index (χ3v) is 4.42. The van der Waals surface area contributed by atoms with Gasteiger partial charge in [0.05, 0.1) is 0 Å². The van der Waals surface area contributed by atoms with Crippen molar-refractivity contribution in [3.8, 4) is 0 Å². The maximum Gasteiger partial charge on any atom is 0.222 e. The van der Waals surface area contributed by atoms with Crippen LogP contribution < -0.4 is 5.32 Å². The van der Waals surface area contributed by atoms with Crippen LogP contribution in [0.2, 0.25) is 0 Å². The van der Waals surface area contributed by atoms with Gasteiger partial charge in [-0.05, 0) is 31.4 Å². The highest BCUT2D eigenvalue weighted by Crippen LogP contribution is 2.17. The van der Waals surface area contributed by atoms with E-state index in [1.54, 1.807) is 12.4 Å². The third kappa shape index (κ3) is 4.19. The van der Waals surface area contributed by atoms with Crippen molar-refractivity contribution < 1.29 is 4.79 Å². The summed E-state index contributed by atoms with van der Waals surface area (Å²) in [5.41, 5.74) is 1.44. The number of hydrogen-bond donors (Lipinski definition) is 1. The molecule has 1 atom stereocenters. The number of hydrogen-bond acceptors (Lipinski definition) is 5. The maximum absolute atomic E-state index is 12.3. The van der Waals surface area contributed by atoms with Crippen LogP contribution in [-0.2, 0) is 4.79 Å². The van der Waals surface area contributed by atoms with E-state index in [0.29, 0.717) is 12.1 Å². The van der Waals surface area contributed by atoms with Crippen molar-refractivity contribution in [3.05, 3.63) is 24.5 Å². The largest absolute Gasteiger partial charge is 0.365 e. The summed E-state index contributed by atoms with van der Waals surface area (Å²) in [4.78, 5) is 27.4. The summed E-state index contributed by atoms with van der Waals surface area (Å²) in [5, 5.41) is 3.49. The molecule has 1 amide bonds. The van der Waals surface area contributed by atoms with Gasteiger partial charge < -0.3 is 10.2 Å². The van der Waals surface area contributed by atoms with Crippen LogP contribution in [0.3, 0.4) is 0 Å². The van der Waals surface area contributed by atoms with E-state index in [-0.39, 0.29) is 11.9 Å². The lowest BCUT2D eigenvalue weighted by atomic mass is 10.0. The fourth-order valence-electron chi connectivity index (χ4n) is 3.18. The normalized spacial score (nSPS) is 18.9. The summed E-state index contributed by atoms with van der Waals surface area (Å²) in [7, 11) is 0. The molecular formula is C18H25N5O. The van der Waals surface area contributed by atoms with Crippen molar-refractivity contribution in [2.75, 3.05) is 18.4 Å². The maximum atomic E-state index is 12.3. The number of nitrogens with one attached hydrogen (secondary N) is 1. The molecule has 1 saturated heterocycles. The van der Waals surface area contributed by atoms with Crippen LogP contribution in [0.5, 0.6) is 0 Å². The Morgan fingerprint density at radius 2 is 2.12 bits per heavy atom. The molecule has 0 unspecified atom stereocenters. The molecule has 1 fully saturated rings. The van der Waals surface area contributed by atoms with Gasteiger partial charge in [0.1, 0.15) is 11.3 Å². The summed E-state index contributed by atoms with van der Waals surface area (Å²) in [5.74, 6) is 1.07. The summed E-state index contributed by atoms with van der Waals surface area (Å²) in [6.07, 6.45) is 9.37. The van der Waals surface area contributed by atoms with Gasteiger partial charge in [-0.1, -0.05) is 19.8 Å². The van der Waals surface area contributed by atoms with E-state index < -0.39 is 0 Å². The number of rotatable bonds is 4. The van der Waals surface area contributed by atoms with Gasteiger partial charge in [0, 0.05) is 37.9 Å². The van der Waals surface area contributed by atoms with Gasteiger partial charge in [-0.2, -0.15) is 0 Å². The number of carbonyl (C=O) groups excluding carboxylic acids is 1. The highest BCUT2D eigenvalue weighted by atomic mass is 16.2. The number of fused-ring (bicyclic) bond motifs is 1. The van der Waals surface area contributed by atoms with E-state index in [0.717, 1.165) is 43.7 Å². The van der Waals surface area contributed by atoms with Crippen LogP contribution >= 0.6 is 0 Å². The van der Waals surface area contributed by atoms with E-state index in [2.05, 4.69) is 27.2 Å². The number of carbonyl (C=O) groups is 1. The van der Waals surface area contributed by atoms with Crippen LogP contribution in [0.25, 0.3) is 11.2 Å². The van der Waals surface area contributed by atoms with E-state index >= 15 is 0 Å². The predicted molar refractivity (Wildman–Crippen MR) is 94.7 cm³/mol. The Balaban J connectivity index is 1.71. The van der Waals surface area contributed by atoms with Gasteiger partial charge in [-0.25, -0.2) is 9.97 Å². The molecule has 0 bridgehead atoms. The second-order valence-corrected chi connectivity index (χ2v) is 6.38. The topological polar surface area (TPSA) is 71.0 Å². The molecule has 0 aliphatic carbocycles. The van der Waals surface area contributed by atoms with Crippen LogP contribution in [0.1, 0.15) is 45.4 Å². The van der Waals surface area contributed by atoms with E-state index in [1.807, 2.05) is 17.0 Å². The lowest BCUT2D eigenvalue weighted by Gasteiger charge is -2.31. The molecule has 1 N–H and O–H groups in total. The van der Waals surface area contributed by atoms with Crippen LogP contribution in [0.15, 0.2) is 24.5 Å². The molecule has 3 heterocycles. The Morgan fingerprint density at radius 1 is 1.25 bits per heavy atom. The minimum atomic E-state index is 0.229. The number of aromatic nitrogens is 3. The van der Waals surface area contributed by atoms with E-state index in [9.17, 15) is 4.79 Å². The zero-order chi connectivity index (χ0) is 16.8. The smallest absolute Gasteiger partial charge is 0.222 e. The SMILES string of the molecule is CCCC(=O)N1CCCCC[C@H](Nc2ccc3nccnc3n2)C1. The zero-order valence-corrected chi connectivity index (χ0v) is 14.2. The Kier molecular flexibility index (Phi) is 5.56. The fraction of sp³-hybridized carbons (Fsp3) is 0.556. The second kappa shape index (κ2) is 8.04. The Hall–Kier alpha value is -2.24. The molecule has 1 aliphatic heterocycles. The van der Waals surface area contributed by atoms with Crippen LogP contribution in [0, 0.1) is 0 Å². The first-order valence-corrected chi connectivity index (χ1v) is 8.88. The summed E-state index contributed by atoms with van der Waals surface area (Å²) < 4.78 is 0. The molecule has 0 radical (unpaired) electrons. The van der Waals surface area contributed by atoms with Gasteiger partial charge in [0.15, 0.2) is 5.65 Å². The first kappa shape index (κ1) is 16.6. The molecule has 2 aromatic heterocycles. The predicted octanol–water partition coefficient (Wildman–Crippen LogP) is 3.01. The minimum absolute atomic E-state index is 0.229. The van der Waals surface area contributed by atoms with Crippen molar-refractivity contribution >= 4 is 22.9 Å². The van der Waals surface area contributed by atoms with Gasteiger partial charge in [0.2, 0.25) is 5.91 Å². The molecule has 0 saturated carbocycles. The van der Waals surface area contributed by atoms with Gasteiger partial charge in [-0.3, -0.25) is 9.78 Å². The zero-order valence-electron chi connectivity index (χ0n) is 14.2. The van der Waals surface area contributed by atoms with Crippen LogP contribution in [0.4, 0.5) is 5.82 Å². The van der Waals surface area contributed by atoms with E-state index in [4.69, 9.17) is 0 Å². The van der Waals surface area contributed by atoms with Crippen molar-refractivity contribution in [2.45, 2.75) is 51.5 Å². The number of anilines is 1. The molecule has 0 spiro atoms. The summed E-state index contributed by atoms with van der Waals surface area (Å²) in [6.45, 7) is 3.67. The first-order chi connectivity index (χ1) is 11.8. The number of likely N-dealkylation sites (tertiary alicyclic amines) is 1. The molecule has 6 heteroatoms. The van der Waals surface area contributed by atoms with Crippen LogP contribution in [-0.4, -0.2) is 44.9 Å². The van der Waals surface area contributed by atoms with Crippen molar-refractivity contribution in [3.63, 3.8) is 0 Å². The average Bonchev–Trinajstić information content (AvgIpc) is 2.57. The van der Waals surface area contributed by atoms with Gasteiger partial charge in [-0.15, -0.1) is 0 Å². The van der Waals surface area contributed by atoms with Gasteiger partial charge >= 0.3 is 0 Å². The molecule has 2 aromatic rings. The molecule has 1 aliphatic rings. The summed E-state index contributed by atoms with van der Waals surface area (Å²) >= 11 is 0. The number of nitrogens with zero attached hydrogens (tertiary/aromatic N) is 4. The Labute approximate surface area is 142 Å². The minimum Gasteiger partial charge on any atom is -0.365 e. The lowest BCUT2D eigenvalue weighted by molar-refractivity contribution is -0.131. The Bertz CT molecular complexity index is 690. The van der Waals surface area contributed by atoms with Crippen molar-refractivity contribution in [1.82, 2.24) is 19.9 Å². The first-order valence-electron chi connectivity index (χ1n) is 8.88. The average molecular weight is 327 g/mol. The monoisotopic (exact) mass is 327 g/mol. The lowest BCUT2D eigenvalue weighted by Crippen LogP contribution is -2.42. The Morgan fingerprint density at radius 3 is 3.00 bits per heavy atom. The molecule has 128 valence electrons. The van der Waals surface area contributed by atoms with E-state index in [1.165, 1.54) is 12.8 Å². The summed E-state index contributed by atoms with van der Waals surface area (Å²) in [6, 6.07) is 4.10. The highest BCUT2D eigenvalue weighted by Gasteiger charge is 2.20. The standard InChI is InChI=1S/C18H25N5O/c1-2-6-17(24)23-12-5-3-4-7-14(13-23)21-16-9-8-15-18(22-16)20-11-10-19-15/h8-11,14H,2-7,12-13H2,1H3,(H,20,21,22)/t14-/m0/s1. The second-order valence-electron chi connectivity index (χ2n) is 6.38. The van der Waals surface area contributed by atoms with Crippen molar-refractivity contribution in [2.24, 2.45) is 0 Å². The molecule has 0 aromatic carbocycles. The number of pyridine rings is 1. The number of amides is 1. The van der Waals surface area contributed by atoms with Gasteiger partial charge in [0.25, 0.3) is 0 Å². The highest BCUT2D eigenvalue weighted by molar-refractivity contribution is 5.76. The quantitative estimate of drug-likeness (QED) is 0.934. The molecular weight excluding hydrogens is 302 g/mol. The third-order valence-electron chi connectivity index (χ3n) is 4.42. The molecule has 6 nitrogen and oxygen atoms in total.